The minimum Gasteiger partial charge on any atom is -0.355 e. The van der Waals surface area contributed by atoms with E-state index < -0.39 is 10.0 Å². The number of fused-ring (bicyclic) bond motifs is 3. The maximum atomic E-state index is 12.9. The smallest absolute Gasteiger partial charge is 0.252 e. The molecule has 178 valence electrons. The molecule has 1 aromatic carbocycles. The minimum absolute atomic E-state index is 0.0816. The zero-order valence-corrected chi connectivity index (χ0v) is 20.1. The third-order valence-electron chi connectivity index (χ3n) is 6.66. The SMILES string of the molecule is CNC(=O)c1cn(C)c2c1CCc1cnc(NC3CCN(S(=O)(=O)c4ccccc4)CC3)nc1-2. The van der Waals surface area contributed by atoms with Crippen molar-refractivity contribution < 1.29 is 13.2 Å². The molecule has 1 fully saturated rings. The summed E-state index contributed by atoms with van der Waals surface area (Å²) < 4.78 is 29.3. The van der Waals surface area contributed by atoms with Gasteiger partial charge in [-0.3, -0.25) is 4.79 Å². The first-order valence-electron chi connectivity index (χ1n) is 11.5. The van der Waals surface area contributed by atoms with Crippen LogP contribution >= 0.6 is 0 Å². The molecule has 0 bridgehead atoms. The second kappa shape index (κ2) is 8.84. The van der Waals surface area contributed by atoms with E-state index in [1.165, 1.54) is 0 Å². The van der Waals surface area contributed by atoms with Gasteiger partial charge in [0.05, 0.1) is 21.8 Å². The molecule has 0 spiro atoms. The molecule has 0 saturated carbocycles. The molecule has 10 heteroatoms. The molecule has 2 aromatic heterocycles. The van der Waals surface area contributed by atoms with Crippen LogP contribution in [0.5, 0.6) is 0 Å². The van der Waals surface area contributed by atoms with E-state index in [0.717, 1.165) is 35.4 Å². The molecule has 2 aliphatic rings. The summed E-state index contributed by atoms with van der Waals surface area (Å²) in [4.78, 5) is 22.0. The first-order chi connectivity index (χ1) is 16.4. The van der Waals surface area contributed by atoms with Gasteiger partial charge in [0.2, 0.25) is 16.0 Å². The van der Waals surface area contributed by atoms with Gasteiger partial charge in [-0.05, 0) is 48.9 Å². The van der Waals surface area contributed by atoms with Crippen molar-refractivity contribution >= 4 is 21.9 Å². The number of hydrogen-bond acceptors (Lipinski definition) is 6. The third kappa shape index (κ3) is 3.97. The molecular formula is C24H28N6O3S. The van der Waals surface area contributed by atoms with Gasteiger partial charge in [-0.25, -0.2) is 18.4 Å². The van der Waals surface area contributed by atoms with Crippen molar-refractivity contribution in [2.45, 2.75) is 36.6 Å². The van der Waals surface area contributed by atoms with Crippen LogP contribution in [0.25, 0.3) is 11.4 Å². The monoisotopic (exact) mass is 480 g/mol. The Morgan fingerprint density at radius 3 is 2.56 bits per heavy atom. The molecule has 0 unspecified atom stereocenters. The van der Waals surface area contributed by atoms with Crippen LogP contribution in [0, 0.1) is 0 Å². The number of aromatic nitrogens is 3. The van der Waals surface area contributed by atoms with E-state index >= 15 is 0 Å². The fraction of sp³-hybridized carbons (Fsp3) is 0.375. The summed E-state index contributed by atoms with van der Waals surface area (Å²) in [6, 6.07) is 8.64. The zero-order valence-electron chi connectivity index (χ0n) is 19.3. The van der Waals surface area contributed by atoms with Crippen LogP contribution in [0.2, 0.25) is 0 Å². The molecule has 1 saturated heterocycles. The Hall–Kier alpha value is -3.24. The van der Waals surface area contributed by atoms with Crippen LogP contribution in [-0.4, -0.2) is 59.3 Å². The molecule has 5 rings (SSSR count). The van der Waals surface area contributed by atoms with E-state index in [4.69, 9.17) is 4.98 Å². The highest BCUT2D eigenvalue weighted by Crippen LogP contribution is 2.35. The molecule has 1 amide bonds. The summed E-state index contributed by atoms with van der Waals surface area (Å²) in [5, 5.41) is 6.12. The first-order valence-corrected chi connectivity index (χ1v) is 12.9. The number of carbonyl (C=O) groups excluding carboxylic acids is 1. The summed E-state index contributed by atoms with van der Waals surface area (Å²) in [5.74, 6) is 0.434. The molecule has 3 aromatic rings. The number of piperidine rings is 1. The lowest BCUT2D eigenvalue weighted by molar-refractivity contribution is 0.0962. The summed E-state index contributed by atoms with van der Waals surface area (Å²) in [6.45, 7) is 0.883. The Labute approximate surface area is 199 Å². The number of amides is 1. The molecule has 9 nitrogen and oxygen atoms in total. The van der Waals surface area contributed by atoms with Gasteiger partial charge in [0, 0.05) is 45.6 Å². The highest BCUT2D eigenvalue weighted by atomic mass is 32.2. The Bertz CT molecular complexity index is 1330. The Morgan fingerprint density at radius 1 is 1.12 bits per heavy atom. The summed E-state index contributed by atoms with van der Waals surface area (Å²) in [5.41, 5.74) is 4.56. The lowest BCUT2D eigenvalue weighted by Crippen LogP contribution is -2.42. The summed E-state index contributed by atoms with van der Waals surface area (Å²) >= 11 is 0. The number of nitrogens with one attached hydrogen (secondary N) is 2. The number of sulfonamides is 1. The van der Waals surface area contributed by atoms with E-state index in [0.29, 0.717) is 42.3 Å². The predicted octanol–water partition coefficient (Wildman–Crippen LogP) is 2.21. The zero-order chi connectivity index (χ0) is 23.9. The number of benzene rings is 1. The minimum atomic E-state index is -3.48. The Kier molecular flexibility index (Phi) is 5.86. The van der Waals surface area contributed by atoms with Gasteiger partial charge in [0.1, 0.15) is 0 Å². The fourth-order valence-electron chi connectivity index (χ4n) is 4.86. The van der Waals surface area contributed by atoms with Crippen molar-refractivity contribution in [2.24, 2.45) is 7.05 Å². The fourth-order valence-corrected chi connectivity index (χ4v) is 6.35. The standard InChI is InChI=1S/C24H28N6O3S/c1-25-23(31)20-15-29(2)22-19(20)9-8-16-14-26-24(28-21(16)22)27-17-10-12-30(13-11-17)34(32,33)18-6-4-3-5-7-18/h3-7,14-15,17H,8-13H2,1-2H3,(H,25,31)(H,26,27,28). The van der Waals surface area contributed by atoms with Crippen molar-refractivity contribution in [3.05, 3.63) is 59.4 Å². The lowest BCUT2D eigenvalue weighted by atomic mass is 9.92. The van der Waals surface area contributed by atoms with Gasteiger partial charge >= 0.3 is 0 Å². The van der Waals surface area contributed by atoms with Crippen molar-refractivity contribution in [3.8, 4) is 11.4 Å². The molecule has 0 atom stereocenters. The number of aryl methyl sites for hydroxylation is 2. The van der Waals surface area contributed by atoms with Gasteiger partial charge in [0.15, 0.2) is 0 Å². The Morgan fingerprint density at radius 2 is 1.85 bits per heavy atom. The lowest BCUT2D eigenvalue weighted by Gasteiger charge is -2.31. The third-order valence-corrected chi connectivity index (χ3v) is 8.57. The van der Waals surface area contributed by atoms with Crippen LogP contribution < -0.4 is 10.6 Å². The molecule has 3 heterocycles. The Balaban J connectivity index is 1.32. The van der Waals surface area contributed by atoms with Crippen molar-refractivity contribution in [3.63, 3.8) is 0 Å². The molecular weight excluding hydrogens is 452 g/mol. The van der Waals surface area contributed by atoms with E-state index in [9.17, 15) is 13.2 Å². The average Bonchev–Trinajstić information content (AvgIpc) is 3.21. The van der Waals surface area contributed by atoms with Crippen LogP contribution in [-0.2, 0) is 29.9 Å². The molecule has 34 heavy (non-hydrogen) atoms. The molecule has 0 radical (unpaired) electrons. The number of hydrogen-bond donors (Lipinski definition) is 2. The first kappa shape index (κ1) is 22.5. The van der Waals surface area contributed by atoms with Crippen molar-refractivity contribution in [1.82, 2.24) is 24.2 Å². The number of rotatable bonds is 5. The van der Waals surface area contributed by atoms with Gasteiger partial charge in [-0.2, -0.15) is 4.31 Å². The normalized spacial score (nSPS) is 16.5. The maximum absolute atomic E-state index is 12.9. The average molecular weight is 481 g/mol. The van der Waals surface area contributed by atoms with Gasteiger partial charge in [0.25, 0.3) is 5.91 Å². The highest BCUT2D eigenvalue weighted by Gasteiger charge is 2.30. The second-order valence-electron chi connectivity index (χ2n) is 8.76. The van der Waals surface area contributed by atoms with E-state index in [2.05, 4.69) is 15.6 Å². The van der Waals surface area contributed by atoms with E-state index in [1.54, 1.807) is 35.6 Å². The van der Waals surface area contributed by atoms with Crippen LogP contribution in [0.3, 0.4) is 0 Å². The predicted molar refractivity (Wildman–Crippen MR) is 129 cm³/mol. The largest absolute Gasteiger partial charge is 0.355 e. The number of carbonyl (C=O) groups is 1. The topological polar surface area (TPSA) is 109 Å². The van der Waals surface area contributed by atoms with Crippen molar-refractivity contribution in [2.75, 3.05) is 25.5 Å². The maximum Gasteiger partial charge on any atom is 0.252 e. The van der Waals surface area contributed by atoms with Crippen molar-refractivity contribution in [1.29, 1.82) is 0 Å². The molecule has 1 aliphatic heterocycles. The van der Waals surface area contributed by atoms with E-state index in [1.807, 2.05) is 30.1 Å². The van der Waals surface area contributed by atoms with E-state index in [-0.39, 0.29) is 11.9 Å². The van der Waals surface area contributed by atoms with Gasteiger partial charge in [-0.15, -0.1) is 0 Å². The van der Waals surface area contributed by atoms with Gasteiger partial charge in [-0.1, -0.05) is 18.2 Å². The highest BCUT2D eigenvalue weighted by molar-refractivity contribution is 7.89. The van der Waals surface area contributed by atoms with Gasteiger partial charge < -0.3 is 15.2 Å². The van der Waals surface area contributed by atoms with Crippen LogP contribution in [0.1, 0.15) is 34.3 Å². The molecule has 1 aliphatic carbocycles. The quantitative estimate of drug-likeness (QED) is 0.580. The summed E-state index contributed by atoms with van der Waals surface area (Å²) in [7, 11) is 0.0903. The second-order valence-corrected chi connectivity index (χ2v) is 10.7. The number of anilines is 1. The molecule has 2 N–H and O–H groups in total. The summed E-state index contributed by atoms with van der Waals surface area (Å²) in [6.07, 6.45) is 6.61. The van der Waals surface area contributed by atoms with Crippen LogP contribution in [0.15, 0.2) is 47.6 Å². The number of nitrogens with zero attached hydrogens (tertiary/aromatic N) is 4. The van der Waals surface area contributed by atoms with Crippen LogP contribution in [0.4, 0.5) is 5.95 Å².